The van der Waals surface area contributed by atoms with Gasteiger partial charge in [0.25, 0.3) is 0 Å². The first-order valence-corrected chi connectivity index (χ1v) is 6.76. The van der Waals surface area contributed by atoms with Gasteiger partial charge in [0.05, 0.1) is 0 Å². The van der Waals surface area contributed by atoms with E-state index in [9.17, 15) is 0 Å². The number of nitrogen functional groups attached to an aromatic ring is 1. The van der Waals surface area contributed by atoms with Gasteiger partial charge in [-0.2, -0.15) is 0 Å². The average Bonchev–Trinajstić information content (AvgIpc) is 2.42. The fourth-order valence-electron chi connectivity index (χ4n) is 2.06. The zero-order valence-electron chi connectivity index (χ0n) is 11.6. The molecular weight excluding hydrogens is 234 g/mol. The van der Waals surface area contributed by atoms with Crippen LogP contribution in [0, 0.1) is 6.92 Å². The first kappa shape index (κ1) is 13.5. The van der Waals surface area contributed by atoms with E-state index in [1.807, 2.05) is 31.2 Å². The molecule has 0 radical (unpaired) electrons. The lowest BCUT2D eigenvalue weighted by Gasteiger charge is -2.10. The van der Waals surface area contributed by atoms with Gasteiger partial charge in [0.15, 0.2) is 0 Å². The molecular formula is C17H21NO. The summed E-state index contributed by atoms with van der Waals surface area (Å²) in [6.45, 7) is 4.77. The molecule has 0 fully saturated rings. The van der Waals surface area contributed by atoms with Crippen LogP contribution in [0.2, 0.25) is 0 Å². The Morgan fingerprint density at radius 2 is 1.79 bits per heavy atom. The minimum atomic E-state index is 0.560. The summed E-state index contributed by atoms with van der Waals surface area (Å²) in [4.78, 5) is 0. The maximum atomic E-state index is 5.89. The summed E-state index contributed by atoms with van der Waals surface area (Å²) in [6.07, 6.45) is 2.29. The number of rotatable bonds is 5. The van der Waals surface area contributed by atoms with Crippen LogP contribution in [0.15, 0.2) is 42.5 Å². The van der Waals surface area contributed by atoms with Crippen molar-refractivity contribution in [2.75, 3.05) is 5.73 Å². The molecule has 2 nitrogen and oxygen atoms in total. The minimum Gasteiger partial charge on any atom is -0.489 e. The Labute approximate surface area is 115 Å². The van der Waals surface area contributed by atoms with Crippen LogP contribution in [0.5, 0.6) is 5.75 Å². The van der Waals surface area contributed by atoms with Crippen LogP contribution >= 0.6 is 0 Å². The Kier molecular flexibility index (Phi) is 4.45. The first-order chi connectivity index (χ1) is 9.20. The number of nitrogens with two attached hydrogens (primary N) is 1. The van der Waals surface area contributed by atoms with Gasteiger partial charge in [-0.15, -0.1) is 0 Å². The summed E-state index contributed by atoms with van der Waals surface area (Å²) < 4.78 is 5.81. The summed E-state index contributed by atoms with van der Waals surface area (Å²) in [6, 6.07) is 14.3. The number of benzene rings is 2. The van der Waals surface area contributed by atoms with Gasteiger partial charge in [-0.3, -0.25) is 0 Å². The molecule has 2 heteroatoms. The van der Waals surface area contributed by atoms with Crippen molar-refractivity contribution in [1.29, 1.82) is 0 Å². The summed E-state index contributed by atoms with van der Waals surface area (Å²) in [7, 11) is 0. The predicted molar refractivity (Wildman–Crippen MR) is 80.4 cm³/mol. The van der Waals surface area contributed by atoms with Crippen LogP contribution in [0.1, 0.15) is 30.0 Å². The van der Waals surface area contributed by atoms with Crippen molar-refractivity contribution in [3.63, 3.8) is 0 Å². The minimum absolute atomic E-state index is 0.560. The maximum absolute atomic E-state index is 5.89. The van der Waals surface area contributed by atoms with Crippen molar-refractivity contribution in [1.82, 2.24) is 0 Å². The van der Waals surface area contributed by atoms with Gasteiger partial charge in [-0.05, 0) is 48.2 Å². The third kappa shape index (κ3) is 3.50. The molecule has 0 atom stereocenters. The maximum Gasteiger partial charge on any atom is 0.119 e. The summed E-state index contributed by atoms with van der Waals surface area (Å²) in [5, 5.41) is 0. The smallest absolute Gasteiger partial charge is 0.119 e. The van der Waals surface area contributed by atoms with Crippen molar-refractivity contribution < 1.29 is 4.74 Å². The zero-order chi connectivity index (χ0) is 13.7. The third-order valence-corrected chi connectivity index (χ3v) is 3.34. The molecule has 0 aliphatic heterocycles. The lowest BCUT2D eigenvalue weighted by Crippen LogP contribution is -2.00. The van der Waals surface area contributed by atoms with E-state index in [-0.39, 0.29) is 0 Å². The van der Waals surface area contributed by atoms with Crippen molar-refractivity contribution >= 4 is 5.69 Å². The topological polar surface area (TPSA) is 35.2 Å². The van der Waals surface area contributed by atoms with E-state index in [1.165, 1.54) is 12.0 Å². The van der Waals surface area contributed by atoms with Gasteiger partial charge in [0.1, 0.15) is 12.4 Å². The van der Waals surface area contributed by atoms with Crippen LogP contribution in [0.25, 0.3) is 0 Å². The van der Waals surface area contributed by atoms with Crippen LogP contribution in [-0.2, 0) is 13.0 Å². The second-order valence-corrected chi connectivity index (χ2v) is 4.81. The molecule has 2 aromatic carbocycles. The molecule has 0 aliphatic carbocycles. The highest BCUT2D eigenvalue weighted by atomic mass is 16.5. The fraction of sp³-hybridized carbons (Fsp3) is 0.294. The van der Waals surface area contributed by atoms with Gasteiger partial charge in [-0.25, -0.2) is 0 Å². The Bertz CT molecular complexity index is 531. The molecule has 0 saturated carbocycles. The summed E-state index contributed by atoms with van der Waals surface area (Å²) >= 11 is 0. The van der Waals surface area contributed by atoms with E-state index >= 15 is 0 Å². The molecule has 0 spiro atoms. The van der Waals surface area contributed by atoms with E-state index in [2.05, 4.69) is 25.1 Å². The summed E-state index contributed by atoms with van der Waals surface area (Å²) in [5.41, 5.74) is 10.3. The molecule has 2 aromatic rings. The van der Waals surface area contributed by atoms with Crippen LogP contribution in [0.3, 0.4) is 0 Å². The molecule has 0 bridgehead atoms. The van der Waals surface area contributed by atoms with Crippen LogP contribution in [-0.4, -0.2) is 0 Å². The number of ether oxygens (including phenoxy) is 1. The van der Waals surface area contributed by atoms with Gasteiger partial charge in [-0.1, -0.05) is 37.6 Å². The molecule has 0 unspecified atom stereocenters. The molecule has 19 heavy (non-hydrogen) atoms. The van der Waals surface area contributed by atoms with E-state index in [0.717, 1.165) is 29.0 Å². The molecule has 100 valence electrons. The van der Waals surface area contributed by atoms with Crippen molar-refractivity contribution in [3.8, 4) is 5.75 Å². The highest BCUT2D eigenvalue weighted by Gasteiger charge is 2.02. The van der Waals surface area contributed by atoms with E-state index in [0.29, 0.717) is 6.61 Å². The largest absolute Gasteiger partial charge is 0.489 e. The average molecular weight is 255 g/mol. The lowest BCUT2D eigenvalue weighted by molar-refractivity contribution is 0.305. The number of hydrogen-bond donors (Lipinski definition) is 1. The van der Waals surface area contributed by atoms with Gasteiger partial charge in [0, 0.05) is 5.69 Å². The molecule has 0 amide bonds. The summed E-state index contributed by atoms with van der Waals surface area (Å²) in [5.74, 6) is 0.904. The monoisotopic (exact) mass is 255 g/mol. The van der Waals surface area contributed by atoms with E-state index in [1.54, 1.807) is 0 Å². The highest BCUT2D eigenvalue weighted by Crippen LogP contribution is 2.19. The number of hydrogen-bond acceptors (Lipinski definition) is 2. The molecule has 0 heterocycles. The van der Waals surface area contributed by atoms with Gasteiger partial charge in [0.2, 0.25) is 0 Å². The zero-order valence-corrected chi connectivity index (χ0v) is 11.6. The number of aryl methyl sites for hydroxylation is 1. The molecule has 2 N–H and O–H groups in total. The third-order valence-electron chi connectivity index (χ3n) is 3.34. The predicted octanol–water partition coefficient (Wildman–Crippen LogP) is 4.11. The molecule has 2 rings (SSSR count). The highest BCUT2D eigenvalue weighted by molar-refractivity contribution is 5.49. The Morgan fingerprint density at radius 1 is 1.05 bits per heavy atom. The van der Waals surface area contributed by atoms with Crippen LogP contribution in [0.4, 0.5) is 5.69 Å². The Balaban J connectivity index is 2.00. The quantitative estimate of drug-likeness (QED) is 0.816. The first-order valence-electron chi connectivity index (χ1n) is 6.76. The second kappa shape index (κ2) is 6.28. The van der Waals surface area contributed by atoms with Crippen LogP contribution < -0.4 is 10.5 Å². The molecule has 0 saturated heterocycles. The standard InChI is InChI=1S/C17H21NO/c1-3-5-14-8-10-16(11-9-14)19-12-15-6-4-7-17(18)13(15)2/h4,6-11H,3,5,12,18H2,1-2H3. The van der Waals surface area contributed by atoms with Crippen molar-refractivity contribution in [2.45, 2.75) is 33.3 Å². The van der Waals surface area contributed by atoms with E-state index in [4.69, 9.17) is 10.5 Å². The molecule has 0 aliphatic rings. The van der Waals surface area contributed by atoms with Gasteiger partial charge < -0.3 is 10.5 Å². The van der Waals surface area contributed by atoms with Crippen molar-refractivity contribution in [2.24, 2.45) is 0 Å². The second-order valence-electron chi connectivity index (χ2n) is 4.81. The Morgan fingerprint density at radius 3 is 2.47 bits per heavy atom. The van der Waals surface area contributed by atoms with E-state index < -0.39 is 0 Å². The lowest BCUT2D eigenvalue weighted by atomic mass is 10.1. The van der Waals surface area contributed by atoms with Crippen molar-refractivity contribution in [3.05, 3.63) is 59.2 Å². The SMILES string of the molecule is CCCc1ccc(OCc2cccc(N)c2C)cc1. The molecule has 0 aromatic heterocycles. The fourth-order valence-corrected chi connectivity index (χ4v) is 2.06. The Hall–Kier alpha value is -1.96. The van der Waals surface area contributed by atoms with Gasteiger partial charge >= 0.3 is 0 Å². The normalized spacial score (nSPS) is 10.4. The number of anilines is 1.